The molecule has 0 saturated heterocycles. The predicted molar refractivity (Wildman–Crippen MR) is 76.8 cm³/mol. The van der Waals surface area contributed by atoms with Crippen molar-refractivity contribution < 1.29 is 14.6 Å². The molecule has 1 aromatic rings. The van der Waals surface area contributed by atoms with E-state index in [0.29, 0.717) is 25.4 Å². The molecule has 0 aliphatic rings. The minimum Gasteiger partial charge on any atom is -0.473 e. The Morgan fingerprint density at radius 2 is 2.30 bits per heavy atom. The fraction of sp³-hybridized carbons (Fsp3) is 0.750. The first-order valence-corrected chi connectivity index (χ1v) is 7.47. The van der Waals surface area contributed by atoms with Gasteiger partial charge in [0.25, 0.3) is 0 Å². The maximum atomic E-state index is 11.7. The van der Waals surface area contributed by atoms with Crippen LogP contribution in [0.4, 0.5) is 0 Å². The molecule has 0 saturated carbocycles. The van der Waals surface area contributed by atoms with E-state index in [4.69, 9.17) is 4.74 Å². The molecule has 20 heavy (non-hydrogen) atoms. The zero-order valence-electron chi connectivity index (χ0n) is 11.9. The Morgan fingerprint density at radius 1 is 1.55 bits per heavy atom. The summed E-state index contributed by atoms with van der Waals surface area (Å²) in [7, 11) is 0. The largest absolute Gasteiger partial charge is 0.473 e. The first-order chi connectivity index (χ1) is 9.67. The van der Waals surface area contributed by atoms with Gasteiger partial charge in [0, 0.05) is 32.6 Å². The number of nitrogens with zero attached hydrogens (tertiary/aromatic N) is 3. The van der Waals surface area contributed by atoms with Crippen LogP contribution in [0.2, 0.25) is 0 Å². The lowest BCUT2D eigenvalue weighted by Gasteiger charge is -2.19. The monoisotopic (exact) mass is 302 g/mol. The number of carbonyl (C=O) groups excluding carboxylic acids is 1. The van der Waals surface area contributed by atoms with Gasteiger partial charge in [-0.2, -0.15) is 4.37 Å². The van der Waals surface area contributed by atoms with Gasteiger partial charge in [-0.05, 0) is 13.8 Å². The van der Waals surface area contributed by atoms with Gasteiger partial charge in [0.05, 0.1) is 11.7 Å². The van der Waals surface area contributed by atoms with Crippen molar-refractivity contribution in [3.63, 3.8) is 0 Å². The SMILES string of the molecule is CCN(CC)C(=O)CCNCC(O)COc1cnsn1. The number of rotatable bonds is 10. The number of hydrogen-bond acceptors (Lipinski definition) is 7. The number of nitrogens with one attached hydrogen (secondary N) is 1. The number of aromatic nitrogens is 2. The predicted octanol–water partition coefficient (Wildman–Crippen LogP) is 0.126. The maximum absolute atomic E-state index is 11.7. The van der Waals surface area contributed by atoms with Gasteiger partial charge in [-0.15, -0.1) is 4.37 Å². The van der Waals surface area contributed by atoms with Crippen LogP contribution >= 0.6 is 11.7 Å². The summed E-state index contributed by atoms with van der Waals surface area (Å²) < 4.78 is 12.9. The van der Waals surface area contributed by atoms with Crippen LogP contribution in [0.25, 0.3) is 0 Å². The van der Waals surface area contributed by atoms with Gasteiger partial charge in [0.1, 0.15) is 18.9 Å². The zero-order valence-corrected chi connectivity index (χ0v) is 12.7. The molecule has 1 aromatic heterocycles. The van der Waals surface area contributed by atoms with Crippen LogP contribution in [0, 0.1) is 0 Å². The molecule has 114 valence electrons. The Kier molecular flexibility index (Phi) is 8.08. The van der Waals surface area contributed by atoms with Gasteiger partial charge >= 0.3 is 0 Å². The van der Waals surface area contributed by atoms with E-state index < -0.39 is 6.10 Å². The molecule has 1 atom stereocenters. The van der Waals surface area contributed by atoms with E-state index in [1.807, 2.05) is 13.8 Å². The summed E-state index contributed by atoms with van der Waals surface area (Å²) in [5.74, 6) is 0.549. The minimum absolute atomic E-state index is 0.127. The maximum Gasteiger partial charge on any atom is 0.245 e. The van der Waals surface area contributed by atoms with Crippen molar-refractivity contribution in [2.75, 3.05) is 32.8 Å². The molecule has 2 N–H and O–H groups in total. The molecule has 8 heteroatoms. The van der Waals surface area contributed by atoms with Crippen molar-refractivity contribution in [2.24, 2.45) is 0 Å². The fourth-order valence-corrected chi connectivity index (χ4v) is 2.02. The summed E-state index contributed by atoms with van der Waals surface area (Å²) in [6.45, 7) is 6.46. The van der Waals surface area contributed by atoms with Crippen LogP contribution in [0.1, 0.15) is 20.3 Å². The van der Waals surface area contributed by atoms with Gasteiger partial charge in [0.15, 0.2) is 0 Å². The van der Waals surface area contributed by atoms with Crippen molar-refractivity contribution in [1.29, 1.82) is 0 Å². The fourth-order valence-electron chi connectivity index (χ4n) is 1.66. The quantitative estimate of drug-likeness (QED) is 0.597. The molecule has 1 rings (SSSR count). The van der Waals surface area contributed by atoms with E-state index >= 15 is 0 Å². The van der Waals surface area contributed by atoms with Crippen LogP contribution < -0.4 is 10.1 Å². The van der Waals surface area contributed by atoms with Crippen molar-refractivity contribution in [3.8, 4) is 5.88 Å². The molecule has 0 aliphatic heterocycles. The normalized spacial score (nSPS) is 12.2. The van der Waals surface area contributed by atoms with Gasteiger partial charge in [-0.3, -0.25) is 4.79 Å². The standard InChI is InChI=1S/C12H22N4O3S/c1-3-16(4-2)12(18)5-6-13-7-10(17)9-19-11-8-14-20-15-11/h8,10,13,17H,3-7,9H2,1-2H3. The summed E-state index contributed by atoms with van der Waals surface area (Å²) in [5, 5.41) is 12.7. The number of carbonyl (C=O) groups is 1. The third-order valence-electron chi connectivity index (χ3n) is 2.78. The summed E-state index contributed by atoms with van der Waals surface area (Å²) in [6, 6.07) is 0. The van der Waals surface area contributed by atoms with E-state index in [1.165, 1.54) is 6.20 Å². The molecule has 1 unspecified atom stereocenters. The topological polar surface area (TPSA) is 87.6 Å². The van der Waals surface area contributed by atoms with E-state index in [1.54, 1.807) is 4.90 Å². The molecule has 1 heterocycles. The first kappa shape index (κ1) is 16.8. The number of aliphatic hydroxyl groups is 1. The highest BCUT2D eigenvalue weighted by Gasteiger charge is 2.10. The second-order valence-corrected chi connectivity index (χ2v) is 4.79. The number of ether oxygens (including phenoxy) is 1. The second-order valence-electron chi connectivity index (χ2n) is 4.23. The summed E-state index contributed by atoms with van der Waals surface area (Å²) in [4.78, 5) is 13.5. The molecular weight excluding hydrogens is 280 g/mol. The zero-order chi connectivity index (χ0) is 14.8. The average Bonchev–Trinajstić information content (AvgIpc) is 2.96. The van der Waals surface area contributed by atoms with Gasteiger partial charge in [-0.1, -0.05) is 0 Å². The molecule has 1 amide bonds. The van der Waals surface area contributed by atoms with E-state index in [9.17, 15) is 9.90 Å². The van der Waals surface area contributed by atoms with Crippen molar-refractivity contribution in [1.82, 2.24) is 19.0 Å². The molecular formula is C12H22N4O3S. The Balaban J connectivity index is 2.07. The van der Waals surface area contributed by atoms with Crippen LogP contribution in [0.15, 0.2) is 6.20 Å². The Labute approximate surface area is 123 Å². The number of aliphatic hydroxyl groups excluding tert-OH is 1. The highest BCUT2D eigenvalue weighted by Crippen LogP contribution is 2.05. The molecule has 0 spiro atoms. The van der Waals surface area contributed by atoms with Crippen molar-refractivity contribution >= 4 is 17.6 Å². The van der Waals surface area contributed by atoms with Crippen LogP contribution in [0.3, 0.4) is 0 Å². The van der Waals surface area contributed by atoms with Crippen LogP contribution in [0.5, 0.6) is 5.88 Å². The molecule has 0 aliphatic carbocycles. The number of hydrogen-bond donors (Lipinski definition) is 2. The summed E-state index contributed by atoms with van der Waals surface area (Å²) in [5.41, 5.74) is 0. The van der Waals surface area contributed by atoms with Crippen LogP contribution in [-0.2, 0) is 4.79 Å². The minimum atomic E-state index is -0.639. The van der Waals surface area contributed by atoms with Crippen molar-refractivity contribution in [2.45, 2.75) is 26.4 Å². The summed E-state index contributed by atoms with van der Waals surface area (Å²) >= 11 is 1.06. The highest BCUT2D eigenvalue weighted by atomic mass is 32.1. The Hall–Kier alpha value is -1.25. The first-order valence-electron chi connectivity index (χ1n) is 6.74. The van der Waals surface area contributed by atoms with Crippen LogP contribution in [-0.4, -0.2) is 63.6 Å². The van der Waals surface area contributed by atoms with Gasteiger partial charge in [-0.25, -0.2) is 0 Å². The third kappa shape index (κ3) is 6.27. The number of amides is 1. The molecule has 0 fully saturated rings. The summed E-state index contributed by atoms with van der Waals surface area (Å²) in [6.07, 6.45) is 1.30. The highest BCUT2D eigenvalue weighted by molar-refractivity contribution is 6.99. The molecule has 0 aromatic carbocycles. The third-order valence-corrected chi connectivity index (χ3v) is 3.24. The average molecular weight is 302 g/mol. The Morgan fingerprint density at radius 3 is 2.90 bits per heavy atom. The van der Waals surface area contributed by atoms with Gasteiger partial charge in [0.2, 0.25) is 11.8 Å². The molecule has 0 radical (unpaired) electrons. The van der Waals surface area contributed by atoms with E-state index in [0.717, 1.165) is 24.8 Å². The smallest absolute Gasteiger partial charge is 0.245 e. The lowest BCUT2D eigenvalue weighted by Crippen LogP contribution is -2.36. The lowest BCUT2D eigenvalue weighted by atomic mass is 10.3. The molecule has 7 nitrogen and oxygen atoms in total. The molecule has 0 bridgehead atoms. The van der Waals surface area contributed by atoms with Crippen molar-refractivity contribution in [3.05, 3.63) is 6.20 Å². The Bertz CT molecular complexity index is 371. The van der Waals surface area contributed by atoms with E-state index in [-0.39, 0.29) is 12.5 Å². The second kappa shape index (κ2) is 9.62. The van der Waals surface area contributed by atoms with E-state index in [2.05, 4.69) is 14.1 Å². The van der Waals surface area contributed by atoms with Gasteiger partial charge < -0.3 is 20.1 Å². The lowest BCUT2D eigenvalue weighted by molar-refractivity contribution is -0.130.